The van der Waals surface area contributed by atoms with Gasteiger partial charge in [0.2, 0.25) is 5.88 Å². The number of nitrogens with zero attached hydrogens (tertiary/aromatic N) is 1. The van der Waals surface area contributed by atoms with Gasteiger partial charge in [-0.25, -0.2) is 9.78 Å². The molecule has 2 N–H and O–H groups in total. The van der Waals surface area contributed by atoms with Crippen LogP contribution >= 0.6 is 11.6 Å². The Hall–Kier alpha value is -1.70. The number of aromatic nitrogens is 1. The minimum absolute atomic E-state index is 0.138. The van der Waals surface area contributed by atoms with Gasteiger partial charge in [-0.15, -0.1) is 0 Å². The number of carbonyl (C=O) groups excluding carboxylic acids is 1. The molecular formula is C10H10ClF3N2O3. The van der Waals surface area contributed by atoms with E-state index in [4.69, 9.17) is 22.1 Å². The van der Waals surface area contributed by atoms with Crippen LogP contribution in [0, 0.1) is 0 Å². The number of rotatable bonds is 4. The number of alkyl halides is 3. The van der Waals surface area contributed by atoms with E-state index in [0.717, 1.165) is 0 Å². The van der Waals surface area contributed by atoms with Gasteiger partial charge >= 0.3 is 12.3 Å². The van der Waals surface area contributed by atoms with E-state index in [2.05, 4.69) is 9.72 Å². The smallest absolute Gasteiger partial charge is 0.417 e. The highest BCUT2D eigenvalue weighted by Gasteiger charge is 2.31. The standard InChI is InChI=1S/C10H10ClF3N2O3/c1-5(19-9(15)17)4-18-8-7(11)2-6(3-16-8)10(12,13)14/h2-3,5H,4H2,1H3,(H2,15,17)/t5-/m1/s1. The lowest BCUT2D eigenvalue weighted by atomic mass is 10.3. The van der Waals surface area contributed by atoms with Crippen molar-refractivity contribution < 1.29 is 27.4 Å². The molecule has 1 aromatic rings. The SMILES string of the molecule is C[C@H](COc1ncc(C(F)(F)F)cc1Cl)OC(N)=O. The summed E-state index contributed by atoms with van der Waals surface area (Å²) in [7, 11) is 0. The molecule has 1 amide bonds. The normalized spacial score (nSPS) is 12.9. The number of hydrogen-bond donors (Lipinski definition) is 1. The van der Waals surface area contributed by atoms with Crippen LogP contribution in [0.25, 0.3) is 0 Å². The summed E-state index contributed by atoms with van der Waals surface area (Å²) in [5, 5.41) is -0.291. The summed E-state index contributed by atoms with van der Waals surface area (Å²) < 4.78 is 46.6. The average Bonchev–Trinajstić information content (AvgIpc) is 2.25. The first-order chi connectivity index (χ1) is 8.70. The Kier molecular flexibility index (Phi) is 4.82. The minimum Gasteiger partial charge on any atom is -0.473 e. The number of carbonyl (C=O) groups is 1. The molecule has 0 unspecified atom stereocenters. The molecule has 5 nitrogen and oxygen atoms in total. The second kappa shape index (κ2) is 5.96. The van der Waals surface area contributed by atoms with Gasteiger partial charge in [0.05, 0.1) is 5.56 Å². The lowest BCUT2D eigenvalue weighted by Gasteiger charge is -2.13. The Morgan fingerprint density at radius 2 is 2.21 bits per heavy atom. The van der Waals surface area contributed by atoms with E-state index in [9.17, 15) is 18.0 Å². The van der Waals surface area contributed by atoms with Crippen LogP contribution < -0.4 is 10.5 Å². The average molecular weight is 299 g/mol. The number of hydrogen-bond acceptors (Lipinski definition) is 4. The number of ether oxygens (including phenoxy) is 2. The van der Waals surface area contributed by atoms with Crippen molar-refractivity contribution in [2.24, 2.45) is 5.73 Å². The fourth-order valence-corrected chi connectivity index (χ4v) is 1.34. The second-order valence-corrected chi connectivity index (χ2v) is 3.97. The third-order valence-electron chi connectivity index (χ3n) is 1.91. The van der Waals surface area contributed by atoms with Gasteiger partial charge in [-0.05, 0) is 13.0 Å². The van der Waals surface area contributed by atoms with Crippen molar-refractivity contribution in [3.8, 4) is 5.88 Å². The Balaban J connectivity index is 2.68. The zero-order valence-corrected chi connectivity index (χ0v) is 10.5. The maximum Gasteiger partial charge on any atom is 0.417 e. The van der Waals surface area contributed by atoms with Crippen LogP contribution in [0.4, 0.5) is 18.0 Å². The fourth-order valence-electron chi connectivity index (χ4n) is 1.12. The second-order valence-electron chi connectivity index (χ2n) is 3.57. The largest absolute Gasteiger partial charge is 0.473 e. The highest BCUT2D eigenvalue weighted by atomic mass is 35.5. The number of pyridine rings is 1. The van der Waals surface area contributed by atoms with Crippen LogP contribution in [0.15, 0.2) is 12.3 Å². The fraction of sp³-hybridized carbons (Fsp3) is 0.400. The lowest BCUT2D eigenvalue weighted by Crippen LogP contribution is -2.25. The molecule has 0 bridgehead atoms. The van der Waals surface area contributed by atoms with Gasteiger partial charge < -0.3 is 15.2 Å². The van der Waals surface area contributed by atoms with Gasteiger partial charge in [-0.1, -0.05) is 11.6 Å². The molecule has 0 saturated heterocycles. The number of primary amides is 1. The summed E-state index contributed by atoms with van der Waals surface area (Å²) >= 11 is 5.60. The predicted octanol–water partition coefficient (Wildman–Crippen LogP) is 2.62. The molecule has 0 radical (unpaired) electrons. The third kappa shape index (κ3) is 4.82. The predicted molar refractivity (Wildman–Crippen MR) is 59.9 cm³/mol. The quantitative estimate of drug-likeness (QED) is 0.927. The van der Waals surface area contributed by atoms with E-state index in [1.807, 2.05) is 0 Å². The van der Waals surface area contributed by atoms with Crippen LogP contribution in [-0.2, 0) is 10.9 Å². The molecule has 1 rings (SSSR count). The van der Waals surface area contributed by atoms with Crippen molar-refractivity contribution in [3.63, 3.8) is 0 Å². The van der Waals surface area contributed by atoms with Crippen LogP contribution in [-0.4, -0.2) is 23.8 Å². The molecule has 0 saturated carbocycles. The van der Waals surface area contributed by atoms with Crippen molar-refractivity contribution >= 4 is 17.7 Å². The molecule has 1 atom stereocenters. The molecule has 19 heavy (non-hydrogen) atoms. The summed E-state index contributed by atoms with van der Waals surface area (Å²) in [5.74, 6) is -0.186. The molecule has 0 spiro atoms. The maximum absolute atomic E-state index is 12.3. The first-order valence-corrected chi connectivity index (χ1v) is 5.39. The summed E-state index contributed by atoms with van der Waals surface area (Å²) in [6.45, 7) is 1.35. The van der Waals surface area contributed by atoms with Gasteiger partial charge in [-0.3, -0.25) is 0 Å². The van der Waals surface area contributed by atoms with Gasteiger partial charge in [0.15, 0.2) is 0 Å². The molecule has 0 aromatic carbocycles. The summed E-state index contributed by atoms with van der Waals surface area (Å²) in [6, 6.07) is 0.698. The van der Waals surface area contributed by atoms with Crippen molar-refractivity contribution in [3.05, 3.63) is 22.8 Å². The Labute approximate surface area is 111 Å². The van der Waals surface area contributed by atoms with Crippen LogP contribution in [0.2, 0.25) is 5.02 Å². The molecule has 0 aliphatic heterocycles. The van der Waals surface area contributed by atoms with Crippen molar-refractivity contribution in [1.29, 1.82) is 0 Å². The molecule has 0 aliphatic carbocycles. The van der Waals surface area contributed by atoms with Crippen LogP contribution in [0.1, 0.15) is 12.5 Å². The summed E-state index contributed by atoms with van der Waals surface area (Å²) in [4.78, 5) is 13.9. The first kappa shape index (κ1) is 15.4. The summed E-state index contributed by atoms with van der Waals surface area (Å²) in [5.41, 5.74) is 3.80. The number of amides is 1. The van der Waals surface area contributed by atoms with E-state index in [-0.39, 0.29) is 17.5 Å². The van der Waals surface area contributed by atoms with E-state index in [1.54, 1.807) is 0 Å². The molecule has 0 aliphatic rings. The minimum atomic E-state index is -4.53. The molecule has 106 valence electrons. The monoisotopic (exact) mass is 298 g/mol. The van der Waals surface area contributed by atoms with Gasteiger partial charge in [0.25, 0.3) is 0 Å². The van der Waals surface area contributed by atoms with Gasteiger partial charge in [0, 0.05) is 6.20 Å². The topological polar surface area (TPSA) is 74.4 Å². The molecule has 9 heteroatoms. The van der Waals surface area contributed by atoms with E-state index >= 15 is 0 Å². The van der Waals surface area contributed by atoms with Crippen LogP contribution in [0.5, 0.6) is 5.88 Å². The first-order valence-electron chi connectivity index (χ1n) is 5.01. The Morgan fingerprint density at radius 1 is 1.58 bits per heavy atom. The number of nitrogens with two attached hydrogens (primary N) is 1. The van der Waals surface area contributed by atoms with Crippen LogP contribution in [0.3, 0.4) is 0 Å². The van der Waals surface area contributed by atoms with Gasteiger partial charge in [0.1, 0.15) is 17.7 Å². The Bertz CT molecular complexity index is 468. The highest BCUT2D eigenvalue weighted by Crippen LogP contribution is 2.33. The van der Waals surface area contributed by atoms with Crippen molar-refractivity contribution in [2.75, 3.05) is 6.61 Å². The highest BCUT2D eigenvalue weighted by molar-refractivity contribution is 6.31. The zero-order chi connectivity index (χ0) is 14.6. The van der Waals surface area contributed by atoms with Crippen molar-refractivity contribution in [1.82, 2.24) is 4.98 Å². The third-order valence-corrected chi connectivity index (χ3v) is 2.18. The zero-order valence-electron chi connectivity index (χ0n) is 9.70. The van der Waals surface area contributed by atoms with Gasteiger partial charge in [-0.2, -0.15) is 13.2 Å². The molecule has 1 aromatic heterocycles. The lowest BCUT2D eigenvalue weighted by molar-refractivity contribution is -0.137. The molecule has 1 heterocycles. The number of halogens is 4. The summed E-state index contributed by atoms with van der Waals surface area (Å²) in [6.07, 6.45) is -5.60. The molecular weight excluding hydrogens is 289 g/mol. The maximum atomic E-state index is 12.3. The van der Waals surface area contributed by atoms with Crippen molar-refractivity contribution in [2.45, 2.75) is 19.2 Å². The molecule has 0 fully saturated rings. The Morgan fingerprint density at radius 3 is 2.68 bits per heavy atom. The van der Waals surface area contributed by atoms with E-state index < -0.39 is 23.9 Å². The van der Waals surface area contributed by atoms with E-state index in [0.29, 0.717) is 12.3 Å². The van der Waals surface area contributed by atoms with E-state index in [1.165, 1.54) is 6.92 Å².